The Morgan fingerprint density at radius 3 is 2.50 bits per heavy atom. The predicted octanol–water partition coefficient (Wildman–Crippen LogP) is 4.36. The fraction of sp³-hybridized carbons (Fsp3) is 0.400. The summed E-state index contributed by atoms with van der Waals surface area (Å²) in [4.78, 5) is 27.0. The smallest absolute Gasteiger partial charge is 0.259 e. The summed E-state index contributed by atoms with van der Waals surface area (Å²) in [5, 5.41) is 3.18. The maximum atomic E-state index is 12.9. The van der Waals surface area contributed by atoms with Crippen LogP contribution in [0.5, 0.6) is 0 Å². The van der Waals surface area contributed by atoms with Crippen molar-refractivity contribution in [1.82, 2.24) is 4.90 Å². The van der Waals surface area contributed by atoms with E-state index >= 15 is 0 Å². The molecule has 3 N–H and O–H groups in total. The van der Waals surface area contributed by atoms with Crippen LogP contribution in [0, 0.1) is 12.8 Å². The minimum absolute atomic E-state index is 0. The largest absolute Gasteiger partial charge is 0.469 e. The van der Waals surface area contributed by atoms with Gasteiger partial charge in [0.1, 0.15) is 5.76 Å². The number of amides is 2. The minimum Gasteiger partial charge on any atom is -0.469 e. The predicted molar refractivity (Wildman–Crippen MR) is 114 cm³/mol. The quantitative estimate of drug-likeness (QED) is 0.686. The highest BCUT2D eigenvalue weighted by atomic mass is 35.5. The van der Waals surface area contributed by atoms with Crippen molar-refractivity contribution in [3.63, 3.8) is 0 Å². The number of rotatable bonds is 7. The van der Waals surface area contributed by atoms with Gasteiger partial charge in [-0.1, -0.05) is 25.4 Å². The lowest BCUT2D eigenvalue weighted by molar-refractivity contribution is 0.0790. The van der Waals surface area contributed by atoms with E-state index in [0.717, 1.165) is 0 Å². The maximum Gasteiger partial charge on any atom is 0.259 e. The Labute approximate surface area is 176 Å². The van der Waals surface area contributed by atoms with Crippen LogP contribution >= 0.6 is 24.0 Å². The number of nitrogens with zero attached hydrogens (tertiary/aromatic N) is 1. The molecule has 6 nitrogen and oxygen atoms in total. The molecule has 0 aliphatic carbocycles. The summed E-state index contributed by atoms with van der Waals surface area (Å²) >= 11 is 6.07. The standard InChI is InChI=1S/C20H26ClN3O3.ClH/c1-12(2)17(22)7-9-24(4)20(26)16-6-5-14(21)11-18(16)23-19(25)15-8-10-27-13(15)3;/h5-6,8,10-12,17H,7,9,22H2,1-4H3,(H,23,25);1H. The number of halogens is 2. The Morgan fingerprint density at radius 1 is 1.25 bits per heavy atom. The first kappa shape index (κ1) is 24.0. The van der Waals surface area contributed by atoms with Gasteiger partial charge in [-0.05, 0) is 43.5 Å². The molecule has 28 heavy (non-hydrogen) atoms. The number of carbonyl (C=O) groups excluding carboxylic acids is 2. The molecule has 2 rings (SSSR count). The topological polar surface area (TPSA) is 88.6 Å². The number of anilines is 1. The van der Waals surface area contributed by atoms with Crippen LogP contribution in [-0.4, -0.2) is 36.3 Å². The molecule has 0 fully saturated rings. The average molecular weight is 428 g/mol. The fourth-order valence-electron chi connectivity index (χ4n) is 2.60. The lowest BCUT2D eigenvalue weighted by Crippen LogP contribution is -2.35. The van der Waals surface area contributed by atoms with Gasteiger partial charge < -0.3 is 20.4 Å². The number of hydrogen-bond acceptors (Lipinski definition) is 4. The molecule has 1 aromatic carbocycles. The summed E-state index contributed by atoms with van der Waals surface area (Å²) in [7, 11) is 1.72. The van der Waals surface area contributed by atoms with E-state index in [1.807, 2.05) is 0 Å². The number of furan rings is 1. The van der Waals surface area contributed by atoms with E-state index in [0.29, 0.717) is 46.5 Å². The van der Waals surface area contributed by atoms with Gasteiger partial charge in [-0.3, -0.25) is 9.59 Å². The second kappa shape index (κ2) is 10.5. The molecule has 0 bridgehead atoms. The van der Waals surface area contributed by atoms with Crippen LogP contribution in [0.2, 0.25) is 5.02 Å². The van der Waals surface area contributed by atoms with Crippen LogP contribution in [0.25, 0.3) is 0 Å². The van der Waals surface area contributed by atoms with E-state index in [-0.39, 0.29) is 30.3 Å². The Morgan fingerprint density at radius 2 is 1.93 bits per heavy atom. The van der Waals surface area contributed by atoms with Gasteiger partial charge in [0.25, 0.3) is 11.8 Å². The summed E-state index contributed by atoms with van der Waals surface area (Å²) < 4.78 is 5.16. The molecular weight excluding hydrogens is 401 g/mol. The second-order valence-corrected chi connectivity index (χ2v) is 7.39. The number of benzene rings is 1. The molecule has 2 amide bonds. The van der Waals surface area contributed by atoms with Gasteiger partial charge in [0.2, 0.25) is 0 Å². The molecule has 1 unspecified atom stereocenters. The third kappa shape index (κ3) is 5.99. The van der Waals surface area contributed by atoms with Crippen molar-refractivity contribution in [3.05, 3.63) is 52.4 Å². The van der Waals surface area contributed by atoms with Crippen molar-refractivity contribution in [2.24, 2.45) is 11.7 Å². The van der Waals surface area contributed by atoms with E-state index in [2.05, 4.69) is 19.2 Å². The second-order valence-electron chi connectivity index (χ2n) is 6.96. The Bertz CT molecular complexity index is 821. The monoisotopic (exact) mass is 427 g/mol. The molecule has 0 spiro atoms. The molecule has 0 aliphatic heterocycles. The summed E-state index contributed by atoms with van der Waals surface area (Å²) in [6.07, 6.45) is 2.14. The maximum absolute atomic E-state index is 12.9. The molecule has 8 heteroatoms. The highest BCUT2D eigenvalue weighted by molar-refractivity contribution is 6.31. The highest BCUT2D eigenvalue weighted by Gasteiger charge is 2.20. The Hall–Kier alpha value is -2.02. The van der Waals surface area contributed by atoms with Crippen LogP contribution < -0.4 is 11.1 Å². The van der Waals surface area contributed by atoms with Crippen molar-refractivity contribution in [3.8, 4) is 0 Å². The number of carbonyl (C=O) groups is 2. The van der Waals surface area contributed by atoms with E-state index in [1.54, 1.807) is 43.1 Å². The molecule has 1 heterocycles. The first-order chi connectivity index (χ1) is 12.7. The molecular formula is C20H27Cl2N3O3. The molecule has 1 atom stereocenters. The van der Waals surface area contributed by atoms with Crippen LogP contribution in [0.4, 0.5) is 5.69 Å². The third-order valence-electron chi connectivity index (χ3n) is 4.56. The first-order valence-electron chi connectivity index (χ1n) is 8.86. The zero-order valence-electron chi connectivity index (χ0n) is 16.5. The number of nitrogens with two attached hydrogens (primary N) is 1. The lowest BCUT2D eigenvalue weighted by atomic mass is 10.0. The summed E-state index contributed by atoms with van der Waals surface area (Å²) in [6.45, 7) is 6.33. The zero-order valence-corrected chi connectivity index (χ0v) is 18.1. The van der Waals surface area contributed by atoms with Crippen molar-refractivity contribution in [2.45, 2.75) is 33.2 Å². The van der Waals surface area contributed by atoms with E-state index in [1.165, 1.54) is 6.26 Å². The Kier molecular flexibility index (Phi) is 9.01. The number of aryl methyl sites for hydroxylation is 1. The summed E-state index contributed by atoms with van der Waals surface area (Å²) in [6, 6.07) is 6.41. The molecule has 0 aliphatic rings. The molecule has 0 radical (unpaired) electrons. The van der Waals surface area contributed by atoms with Crippen LogP contribution in [0.1, 0.15) is 46.7 Å². The molecule has 1 aromatic heterocycles. The van der Waals surface area contributed by atoms with E-state index < -0.39 is 0 Å². The minimum atomic E-state index is -0.359. The van der Waals surface area contributed by atoms with Gasteiger partial charge in [0.05, 0.1) is 23.1 Å². The van der Waals surface area contributed by atoms with Crippen molar-refractivity contribution < 1.29 is 14.0 Å². The van der Waals surface area contributed by atoms with E-state index in [4.69, 9.17) is 21.8 Å². The Balaban J connectivity index is 0.00000392. The fourth-order valence-corrected chi connectivity index (χ4v) is 2.77. The van der Waals surface area contributed by atoms with Crippen LogP contribution in [-0.2, 0) is 0 Å². The summed E-state index contributed by atoms with van der Waals surface area (Å²) in [5.41, 5.74) is 7.20. The highest BCUT2D eigenvalue weighted by Crippen LogP contribution is 2.24. The molecule has 0 saturated carbocycles. The molecule has 0 saturated heterocycles. The zero-order chi connectivity index (χ0) is 20.1. The van der Waals surface area contributed by atoms with Crippen molar-refractivity contribution in [1.29, 1.82) is 0 Å². The third-order valence-corrected chi connectivity index (χ3v) is 4.80. The van der Waals surface area contributed by atoms with Crippen molar-refractivity contribution in [2.75, 3.05) is 18.9 Å². The number of hydrogen-bond donors (Lipinski definition) is 2. The normalized spacial score (nSPS) is 11.7. The van der Waals surface area contributed by atoms with Crippen LogP contribution in [0.15, 0.2) is 34.9 Å². The van der Waals surface area contributed by atoms with Gasteiger partial charge in [0, 0.05) is 24.7 Å². The van der Waals surface area contributed by atoms with Gasteiger partial charge in [-0.15, -0.1) is 12.4 Å². The molecule has 2 aromatic rings. The average Bonchev–Trinajstić information content (AvgIpc) is 3.04. The molecule has 154 valence electrons. The SMILES string of the molecule is Cc1occc1C(=O)Nc1cc(Cl)ccc1C(=O)N(C)CCC(N)C(C)C.Cl. The summed E-state index contributed by atoms with van der Waals surface area (Å²) in [5.74, 6) is 0.281. The van der Waals surface area contributed by atoms with E-state index in [9.17, 15) is 9.59 Å². The first-order valence-corrected chi connectivity index (χ1v) is 9.24. The van der Waals surface area contributed by atoms with Crippen LogP contribution in [0.3, 0.4) is 0 Å². The number of nitrogens with one attached hydrogen (secondary N) is 1. The van der Waals surface area contributed by atoms with Gasteiger partial charge in [-0.2, -0.15) is 0 Å². The lowest BCUT2D eigenvalue weighted by Gasteiger charge is -2.22. The van der Waals surface area contributed by atoms with Gasteiger partial charge in [-0.25, -0.2) is 0 Å². The van der Waals surface area contributed by atoms with Crippen molar-refractivity contribution >= 4 is 41.5 Å². The van der Waals surface area contributed by atoms with Gasteiger partial charge >= 0.3 is 0 Å². The van der Waals surface area contributed by atoms with Gasteiger partial charge in [0.15, 0.2) is 0 Å².